The lowest BCUT2D eigenvalue weighted by molar-refractivity contribution is -0.119. The topological polar surface area (TPSA) is 75.7 Å². The molecule has 28 heavy (non-hydrogen) atoms. The van der Waals surface area contributed by atoms with Crippen molar-refractivity contribution in [3.05, 3.63) is 53.6 Å². The smallest absolute Gasteiger partial charge is 0.244 e. The van der Waals surface area contributed by atoms with E-state index in [1.54, 1.807) is 19.1 Å². The Kier molecular flexibility index (Phi) is 6.05. The maximum atomic E-state index is 13.3. The first-order valence-corrected chi connectivity index (χ1v) is 10.9. The van der Waals surface area contributed by atoms with E-state index in [1.165, 1.54) is 23.0 Å². The van der Waals surface area contributed by atoms with Crippen LogP contribution in [-0.4, -0.2) is 38.3 Å². The summed E-state index contributed by atoms with van der Waals surface area (Å²) in [5.41, 5.74) is 2.47. The maximum absolute atomic E-state index is 13.3. The van der Waals surface area contributed by atoms with Crippen molar-refractivity contribution in [2.24, 2.45) is 0 Å². The van der Waals surface area contributed by atoms with Crippen molar-refractivity contribution >= 4 is 21.6 Å². The Labute approximate surface area is 166 Å². The zero-order valence-electron chi connectivity index (χ0n) is 16.4. The highest BCUT2D eigenvalue weighted by Crippen LogP contribution is 2.30. The number of ether oxygens (including phenoxy) is 1. The number of methoxy groups -OCH3 is 1. The van der Waals surface area contributed by atoms with Crippen LogP contribution >= 0.6 is 0 Å². The van der Waals surface area contributed by atoms with E-state index in [1.807, 2.05) is 24.3 Å². The highest BCUT2D eigenvalue weighted by atomic mass is 32.2. The molecule has 1 aliphatic heterocycles. The molecule has 1 N–H and O–H groups in total. The number of carbonyl (C=O) groups excluding carboxylic acids is 1. The van der Waals surface area contributed by atoms with Crippen LogP contribution in [0.15, 0.2) is 47.4 Å². The molecule has 0 bridgehead atoms. The number of sulfonamides is 1. The molecular weight excluding hydrogens is 376 g/mol. The van der Waals surface area contributed by atoms with Crippen LogP contribution in [0.2, 0.25) is 0 Å². The monoisotopic (exact) mass is 402 g/mol. The normalized spacial score (nSPS) is 17.5. The third-order valence-electron chi connectivity index (χ3n) is 5.12. The number of aryl methyl sites for hydroxylation is 2. The Morgan fingerprint density at radius 2 is 1.93 bits per heavy atom. The van der Waals surface area contributed by atoms with Crippen LogP contribution in [0, 0.1) is 6.92 Å². The minimum atomic E-state index is -3.81. The van der Waals surface area contributed by atoms with Gasteiger partial charge in [-0.05, 0) is 55.5 Å². The number of hydrogen-bond acceptors (Lipinski definition) is 4. The molecule has 0 aliphatic carbocycles. The molecule has 1 amide bonds. The molecule has 0 saturated carbocycles. The van der Waals surface area contributed by atoms with E-state index < -0.39 is 16.1 Å². The summed E-state index contributed by atoms with van der Waals surface area (Å²) >= 11 is 0. The Hall–Kier alpha value is -2.38. The number of amides is 1. The molecule has 1 atom stereocenters. The molecule has 1 fully saturated rings. The van der Waals surface area contributed by atoms with Gasteiger partial charge in [0, 0.05) is 18.3 Å². The van der Waals surface area contributed by atoms with Gasteiger partial charge < -0.3 is 10.1 Å². The second kappa shape index (κ2) is 8.32. The number of hydrogen-bond donors (Lipinski definition) is 1. The van der Waals surface area contributed by atoms with E-state index in [0.29, 0.717) is 36.4 Å². The molecule has 150 valence electrons. The Bertz CT molecular complexity index is 955. The zero-order chi connectivity index (χ0) is 20.3. The van der Waals surface area contributed by atoms with Gasteiger partial charge in [-0.3, -0.25) is 4.79 Å². The van der Waals surface area contributed by atoms with Gasteiger partial charge in [0.2, 0.25) is 15.9 Å². The number of nitrogens with one attached hydrogen (secondary N) is 1. The molecule has 3 rings (SSSR count). The van der Waals surface area contributed by atoms with Gasteiger partial charge in [0.25, 0.3) is 0 Å². The maximum Gasteiger partial charge on any atom is 0.244 e. The number of nitrogens with zero attached hydrogens (tertiary/aromatic N) is 1. The number of benzene rings is 2. The molecule has 0 spiro atoms. The van der Waals surface area contributed by atoms with Crippen molar-refractivity contribution < 1.29 is 17.9 Å². The van der Waals surface area contributed by atoms with Gasteiger partial charge in [-0.2, -0.15) is 4.31 Å². The zero-order valence-corrected chi connectivity index (χ0v) is 17.3. The third kappa shape index (κ3) is 4.05. The van der Waals surface area contributed by atoms with E-state index in [0.717, 1.165) is 6.42 Å². The van der Waals surface area contributed by atoms with Crippen molar-refractivity contribution in [2.45, 2.75) is 44.0 Å². The lowest BCUT2D eigenvalue weighted by Crippen LogP contribution is -2.43. The number of carbonyl (C=O) groups is 1. The van der Waals surface area contributed by atoms with Gasteiger partial charge in [-0.25, -0.2) is 8.42 Å². The summed E-state index contributed by atoms with van der Waals surface area (Å²) in [5, 5.41) is 2.86. The van der Waals surface area contributed by atoms with Gasteiger partial charge in [0.15, 0.2) is 0 Å². The molecule has 0 radical (unpaired) electrons. The van der Waals surface area contributed by atoms with Crippen LogP contribution in [0.25, 0.3) is 0 Å². The van der Waals surface area contributed by atoms with E-state index >= 15 is 0 Å². The van der Waals surface area contributed by atoms with Crippen molar-refractivity contribution in [1.29, 1.82) is 0 Å². The Morgan fingerprint density at radius 1 is 1.21 bits per heavy atom. The van der Waals surface area contributed by atoms with Crippen LogP contribution in [-0.2, 0) is 21.2 Å². The molecule has 2 aromatic rings. The summed E-state index contributed by atoms with van der Waals surface area (Å²) < 4.78 is 33.0. The van der Waals surface area contributed by atoms with Crippen molar-refractivity contribution in [3.63, 3.8) is 0 Å². The van der Waals surface area contributed by atoms with Crippen molar-refractivity contribution in [2.75, 3.05) is 19.0 Å². The van der Waals surface area contributed by atoms with Crippen LogP contribution in [0.5, 0.6) is 5.75 Å². The van der Waals surface area contributed by atoms with Crippen molar-refractivity contribution in [1.82, 2.24) is 4.31 Å². The standard InChI is InChI=1S/C21H26N2O4S/c1-4-16-8-10-17(11-9-16)22-21(24)19-6-5-13-23(19)28(25,26)20-14-18(27-3)12-7-15(20)2/h7-12,14,19H,4-6,13H2,1-3H3,(H,22,24). The lowest BCUT2D eigenvalue weighted by atomic mass is 10.1. The highest BCUT2D eigenvalue weighted by Gasteiger charge is 2.40. The fraction of sp³-hybridized carbons (Fsp3) is 0.381. The predicted molar refractivity (Wildman–Crippen MR) is 109 cm³/mol. The highest BCUT2D eigenvalue weighted by molar-refractivity contribution is 7.89. The van der Waals surface area contributed by atoms with Gasteiger partial charge in [-0.1, -0.05) is 25.1 Å². The summed E-state index contributed by atoms with van der Waals surface area (Å²) in [6.07, 6.45) is 2.07. The summed E-state index contributed by atoms with van der Waals surface area (Å²) in [5.74, 6) is 0.172. The van der Waals surface area contributed by atoms with Crippen LogP contribution in [0.4, 0.5) is 5.69 Å². The van der Waals surface area contributed by atoms with Gasteiger partial charge >= 0.3 is 0 Å². The lowest BCUT2D eigenvalue weighted by Gasteiger charge is -2.24. The molecule has 7 heteroatoms. The molecule has 1 aliphatic rings. The number of rotatable bonds is 6. The molecule has 2 aromatic carbocycles. The van der Waals surface area contributed by atoms with Crippen LogP contribution in [0.3, 0.4) is 0 Å². The molecule has 1 unspecified atom stereocenters. The van der Waals surface area contributed by atoms with Crippen LogP contribution < -0.4 is 10.1 Å². The first kappa shape index (κ1) is 20.4. The van der Waals surface area contributed by atoms with Crippen LogP contribution in [0.1, 0.15) is 30.9 Å². The summed E-state index contributed by atoms with van der Waals surface area (Å²) in [6, 6.07) is 11.8. The minimum absolute atomic E-state index is 0.179. The second-order valence-corrected chi connectivity index (χ2v) is 8.80. The summed E-state index contributed by atoms with van der Waals surface area (Å²) in [6.45, 7) is 4.13. The quantitative estimate of drug-likeness (QED) is 0.804. The largest absolute Gasteiger partial charge is 0.497 e. The SMILES string of the molecule is CCc1ccc(NC(=O)C2CCCN2S(=O)(=O)c2cc(OC)ccc2C)cc1. The van der Waals surface area contributed by atoms with E-state index in [4.69, 9.17) is 4.74 Å². The average Bonchev–Trinajstić information content (AvgIpc) is 3.20. The van der Waals surface area contributed by atoms with E-state index in [-0.39, 0.29) is 10.8 Å². The first-order valence-electron chi connectivity index (χ1n) is 9.43. The average molecular weight is 403 g/mol. The predicted octanol–water partition coefficient (Wildman–Crippen LogP) is 3.36. The van der Waals surface area contributed by atoms with E-state index in [9.17, 15) is 13.2 Å². The van der Waals surface area contributed by atoms with Gasteiger partial charge in [0.05, 0.1) is 12.0 Å². The van der Waals surface area contributed by atoms with E-state index in [2.05, 4.69) is 12.2 Å². The first-order chi connectivity index (χ1) is 13.4. The minimum Gasteiger partial charge on any atom is -0.497 e. The van der Waals surface area contributed by atoms with Gasteiger partial charge in [-0.15, -0.1) is 0 Å². The molecule has 1 saturated heterocycles. The summed E-state index contributed by atoms with van der Waals surface area (Å²) in [7, 11) is -2.31. The molecule has 0 aromatic heterocycles. The van der Waals surface area contributed by atoms with Gasteiger partial charge in [0.1, 0.15) is 11.8 Å². The Balaban J connectivity index is 1.84. The Morgan fingerprint density at radius 3 is 2.57 bits per heavy atom. The third-order valence-corrected chi connectivity index (χ3v) is 7.17. The fourth-order valence-corrected chi connectivity index (χ4v) is 5.35. The molecule has 6 nitrogen and oxygen atoms in total. The summed E-state index contributed by atoms with van der Waals surface area (Å²) in [4.78, 5) is 13.0. The fourth-order valence-electron chi connectivity index (χ4n) is 3.45. The second-order valence-electron chi connectivity index (χ2n) is 6.94. The molecular formula is C21H26N2O4S. The number of anilines is 1. The van der Waals surface area contributed by atoms with Crippen molar-refractivity contribution in [3.8, 4) is 5.75 Å². The molecule has 1 heterocycles.